The Labute approximate surface area is 162 Å². The molecule has 1 atom stereocenters. The van der Waals surface area contributed by atoms with Crippen molar-refractivity contribution in [3.8, 4) is 17.2 Å². The number of nitrogens with zero attached hydrogens (tertiary/aromatic N) is 1. The van der Waals surface area contributed by atoms with Gasteiger partial charge in [0.15, 0.2) is 11.5 Å². The fourth-order valence-corrected chi connectivity index (χ4v) is 3.27. The van der Waals surface area contributed by atoms with Gasteiger partial charge in [-0.3, -0.25) is 4.79 Å². The van der Waals surface area contributed by atoms with E-state index in [2.05, 4.69) is 10.6 Å². The minimum Gasteiger partial charge on any atom is -0.494 e. The van der Waals surface area contributed by atoms with Crippen LogP contribution in [0.4, 0.5) is 16.2 Å². The molecule has 8 heteroatoms. The van der Waals surface area contributed by atoms with Gasteiger partial charge in [0.25, 0.3) is 0 Å². The van der Waals surface area contributed by atoms with Crippen LogP contribution in [0.3, 0.4) is 0 Å². The SMILES string of the molecule is CCOc1ccc(N2C[C@@H](NC(=O)Nc3ccc4c(c3)OCO4)CC2=O)cc1. The van der Waals surface area contributed by atoms with Crippen LogP contribution in [0.1, 0.15) is 13.3 Å². The molecule has 4 rings (SSSR count). The molecule has 8 nitrogen and oxygen atoms in total. The average molecular weight is 383 g/mol. The Balaban J connectivity index is 1.34. The molecule has 0 spiro atoms. The van der Waals surface area contributed by atoms with Gasteiger partial charge in [0.1, 0.15) is 5.75 Å². The lowest BCUT2D eigenvalue weighted by Gasteiger charge is -2.18. The molecule has 2 aliphatic rings. The number of carbonyl (C=O) groups excluding carboxylic acids is 2. The van der Waals surface area contributed by atoms with Crippen molar-refractivity contribution in [1.29, 1.82) is 0 Å². The zero-order chi connectivity index (χ0) is 19.5. The minimum absolute atomic E-state index is 0.0301. The Bertz CT molecular complexity index is 884. The van der Waals surface area contributed by atoms with Gasteiger partial charge in [-0.1, -0.05) is 0 Å². The van der Waals surface area contributed by atoms with Gasteiger partial charge in [0.05, 0.1) is 12.6 Å². The van der Waals surface area contributed by atoms with E-state index < -0.39 is 0 Å². The topological polar surface area (TPSA) is 89.1 Å². The molecular weight excluding hydrogens is 362 g/mol. The van der Waals surface area contributed by atoms with Crippen LogP contribution in [0.25, 0.3) is 0 Å². The molecular formula is C20H21N3O5. The van der Waals surface area contributed by atoms with E-state index in [1.165, 1.54) is 0 Å². The summed E-state index contributed by atoms with van der Waals surface area (Å²) in [7, 11) is 0. The smallest absolute Gasteiger partial charge is 0.319 e. The van der Waals surface area contributed by atoms with Crippen molar-refractivity contribution < 1.29 is 23.8 Å². The molecule has 3 amide bonds. The molecule has 0 radical (unpaired) electrons. The Kier molecular flexibility index (Phi) is 4.92. The van der Waals surface area contributed by atoms with Gasteiger partial charge < -0.3 is 29.7 Å². The third kappa shape index (κ3) is 3.80. The first-order valence-electron chi connectivity index (χ1n) is 9.13. The lowest BCUT2D eigenvalue weighted by atomic mass is 10.2. The predicted molar refractivity (Wildman–Crippen MR) is 103 cm³/mol. The third-order valence-electron chi connectivity index (χ3n) is 4.55. The Morgan fingerprint density at radius 3 is 2.75 bits per heavy atom. The quantitative estimate of drug-likeness (QED) is 0.829. The van der Waals surface area contributed by atoms with Gasteiger partial charge in [-0.25, -0.2) is 4.79 Å². The highest BCUT2D eigenvalue weighted by molar-refractivity contribution is 5.97. The molecule has 0 bridgehead atoms. The summed E-state index contributed by atoms with van der Waals surface area (Å²) in [6.45, 7) is 3.10. The fourth-order valence-electron chi connectivity index (χ4n) is 3.27. The Hall–Kier alpha value is -3.42. The maximum absolute atomic E-state index is 12.4. The molecule has 28 heavy (non-hydrogen) atoms. The van der Waals surface area contributed by atoms with Crippen molar-refractivity contribution in [2.45, 2.75) is 19.4 Å². The molecule has 2 aromatic rings. The highest BCUT2D eigenvalue weighted by Crippen LogP contribution is 2.34. The van der Waals surface area contributed by atoms with Gasteiger partial charge in [0.2, 0.25) is 12.7 Å². The monoisotopic (exact) mass is 383 g/mol. The molecule has 2 aliphatic heterocycles. The first-order chi connectivity index (χ1) is 13.6. The van der Waals surface area contributed by atoms with Crippen molar-refractivity contribution in [2.24, 2.45) is 0 Å². The molecule has 1 fully saturated rings. The summed E-state index contributed by atoms with van der Waals surface area (Å²) in [5, 5.41) is 5.61. The van der Waals surface area contributed by atoms with Crippen LogP contribution in [-0.4, -0.2) is 37.9 Å². The lowest BCUT2D eigenvalue weighted by molar-refractivity contribution is -0.117. The number of benzene rings is 2. The number of rotatable bonds is 5. The van der Waals surface area contributed by atoms with E-state index in [1.807, 2.05) is 31.2 Å². The summed E-state index contributed by atoms with van der Waals surface area (Å²) < 4.78 is 16.0. The first kappa shape index (κ1) is 18.0. The maximum Gasteiger partial charge on any atom is 0.319 e. The largest absolute Gasteiger partial charge is 0.494 e. The fraction of sp³-hybridized carbons (Fsp3) is 0.300. The van der Waals surface area contributed by atoms with Crippen LogP contribution in [-0.2, 0) is 4.79 Å². The van der Waals surface area contributed by atoms with Gasteiger partial charge in [-0.2, -0.15) is 0 Å². The summed E-state index contributed by atoms with van der Waals surface area (Å²) in [5.74, 6) is 1.97. The van der Waals surface area contributed by atoms with E-state index >= 15 is 0 Å². The van der Waals surface area contributed by atoms with Gasteiger partial charge in [-0.05, 0) is 43.3 Å². The maximum atomic E-state index is 12.4. The van der Waals surface area contributed by atoms with Crippen molar-refractivity contribution in [1.82, 2.24) is 5.32 Å². The average Bonchev–Trinajstić information content (AvgIpc) is 3.28. The second kappa shape index (κ2) is 7.67. The second-order valence-electron chi connectivity index (χ2n) is 6.50. The molecule has 1 saturated heterocycles. The number of ether oxygens (including phenoxy) is 3. The van der Waals surface area contributed by atoms with Crippen LogP contribution >= 0.6 is 0 Å². The molecule has 0 unspecified atom stereocenters. The number of hydrogen-bond donors (Lipinski definition) is 2. The highest BCUT2D eigenvalue weighted by atomic mass is 16.7. The van der Waals surface area contributed by atoms with E-state index in [0.717, 1.165) is 11.4 Å². The summed E-state index contributed by atoms with van der Waals surface area (Å²) in [6, 6.07) is 11.9. The molecule has 2 aromatic carbocycles. The number of hydrogen-bond acceptors (Lipinski definition) is 5. The first-order valence-corrected chi connectivity index (χ1v) is 9.13. The number of fused-ring (bicyclic) bond motifs is 1. The van der Waals surface area contributed by atoms with Crippen LogP contribution in [0.5, 0.6) is 17.2 Å². The number of amides is 3. The van der Waals surface area contributed by atoms with E-state index in [-0.39, 0.29) is 31.2 Å². The Morgan fingerprint density at radius 2 is 1.96 bits per heavy atom. The predicted octanol–water partition coefficient (Wildman–Crippen LogP) is 2.74. The zero-order valence-electron chi connectivity index (χ0n) is 15.4. The van der Waals surface area contributed by atoms with E-state index in [4.69, 9.17) is 14.2 Å². The van der Waals surface area contributed by atoms with Gasteiger partial charge in [0, 0.05) is 30.4 Å². The van der Waals surface area contributed by atoms with Crippen molar-refractivity contribution in [2.75, 3.05) is 30.2 Å². The number of urea groups is 1. The van der Waals surface area contributed by atoms with Crippen LogP contribution in [0.15, 0.2) is 42.5 Å². The van der Waals surface area contributed by atoms with Gasteiger partial charge >= 0.3 is 6.03 Å². The number of nitrogens with one attached hydrogen (secondary N) is 2. The molecule has 146 valence electrons. The second-order valence-corrected chi connectivity index (χ2v) is 6.50. The molecule has 2 heterocycles. The highest BCUT2D eigenvalue weighted by Gasteiger charge is 2.31. The van der Waals surface area contributed by atoms with Crippen LogP contribution in [0.2, 0.25) is 0 Å². The molecule has 0 saturated carbocycles. The van der Waals surface area contributed by atoms with Crippen molar-refractivity contribution in [3.05, 3.63) is 42.5 Å². The number of anilines is 2. The van der Waals surface area contributed by atoms with Crippen LogP contribution < -0.4 is 29.7 Å². The van der Waals surface area contributed by atoms with E-state index in [1.54, 1.807) is 23.1 Å². The third-order valence-corrected chi connectivity index (χ3v) is 4.55. The summed E-state index contributed by atoms with van der Waals surface area (Å²) in [4.78, 5) is 26.3. The standard InChI is InChI=1S/C20H21N3O5/c1-2-26-16-6-4-15(5-7-16)23-11-14(10-19(23)24)22-20(25)21-13-3-8-17-18(9-13)28-12-27-17/h3-9,14H,2,10-12H2,1H3,(H2,21,22,25)/t14-/m0/s1. The minimum atomic E-state index is -0.370. The summed E-state index contributed by atoms with van der Waals surface area (Å²) in [5.41, 5.74) is 1.38. The Morgan fingerprint density at radius 1 is 1.18 bits per heavy atom. The summed E-state index contributed by atoms with van der Waals surface area (Å²) >= 11 is 0. The van der Waals surface area contributed by atoms with E-state index in [0.29, 0.717) is 30.3 Å². The molecule has 0 aromatic heterocycles. The molecule has 2 N–H and O–H groups in total. The van der Waals surface area contributed by atoms with Crippen molar-refractivity contribution in [3.63, 3.8) is 0 Å². The molecule has 0 aliphatic carbocycles. The lowest BCUT2D eigenvalue weighted by Crippen LogP contribution is -2.39. The zero-order valence-corrected chi connectivity index (χ0v) is 15.4. The normalized spacial score (nSPS) is 17.5. The van der Waals surface area contributed by atoms with Crippen molar-refractivity contribution >= 4 is 23.3 Å². The van der Waals surface area contributed by atoms with E-state index in [9.17, 15) is 9.59 Å². The van der Waals surface area contributed by atoms with Gasteiger partial charge in [-0.15, -0.1) is 0 Å². The summed E-state index contributed by atoms with van der Waals surface area (Å²) in [6.07, 6.45) is 0.252. The van der Waals surface area contributed by atoms with Crippen LogP contribution in [0, 0.1) is 0 Å². The number of carbonyl (C=O) groups is 2.